The summed E-state index contributed by atoms with van der Waals surface area (Å²) in [6.07, 6.45) is 4.26. The fraction of sp³-hybridized carbons (Fsp3) is 0.500. The fourth-order valence-electron chi connectivity index (χ4n) is 2.09. The molecule has 0 atom stereocenters. The van der Waals surface area contributed by atoms with E-state index < -0.39 is 0 Å². The Kier molecular flexibility index (Phi) is 4.05. The van der Waals surface area contributed by atoms with Crippen LogP contribution >= 0.6 is 23.6 Å². The van der Waals surface area contributed by atoms with E-state index in [1.807, 2.05) is 0 Å². The van der Waals surface area contributed by atoms with E-state index >= 15 is 0 Å². The van der Waals surface area contributed by atoms with Crippen LogP contribution in [0.1, 0.15) is 40.6 Å². The number of aliphatic imine (C=N–C) groups is 1. The SMILES string of the molecule is CCOC(=O)c1c(N=C=S)sc2c1CCCC2. The second-order valence-electron chi connectivity index (χ2n) is 3.81. The third kappa shape index (κ3) is 2.46. The average Bonchev–Trinajstić information content (AvgIpc) is 2.67. The minimum Gasteiger partial charge on any atom is -0.462 e. The summed E-state index contributed by atoms with van der Waals surface area (Å²) in [6.45, 7) is 2.18. The Balaban J connectivity index is 2.48. The van der Waals surface area contributed by atoms with Crippen molar-refractivity contribution in [3.05, 3.63) is 16.0 Å². The molecular formula is C12H13NO2S2. The number of rotatable bonds is 3. The van der Waals surface area contributed by atoms with Crippen molar-refractivity contribution in [2.24, 2.45) is 4.99 Å². The zero-order chi connectivity index (χ0) is 12.3. The van der Waals surface area contributed by atoms with Gasteiger partial charge in [0.2, 0.25) is 0 Å². The number of thiophene rings is 1. The van der Waals surface area contributed by atoms with E-state index in [2.05, 4.69) is 22.4 Å². The highest BCUT2D eigenvalue weighted by Crippen LogP contribution is 2.39. The third-order valence-electron chi connectivity index (χ3n) is 2.78. The van der Waals surface area contributed by atoms with Crippen molar-refractivity contribution in [1.29, 1.82) is 0 Å². The Bertz CT molecular complexity index is 487. The Morgan fingerprint density at radius 3 is 3.00 bits per heavy atom. The lowest BCUT2D eigenvalue weighted by Crippen LogP contribution is -2.09. The molecule has 0 N–H and O–H groups in total. The number of aryl methyl sites for hydroxylation is 1. The number of isothiocyanates is 1. The molecule has 0 saturated carbocycles. The highest BCUT2D eigenvalue weighted by Gasteiger charge is 2.25. The van der Waals surface area contributed by atoms with Gasteiger partial charge in [-0.1, -0.05) is 0 Å². The largest absolute Gasteiger partial charge is 0.462 e. The van der Waals surface area contributed by atoms with Crippen LogP contribution in [0.2, 0.25) is 0 Å². The topological polar surface area (TPSA) is 38.7 Å². The van der Waals surface area contributed by atoms with E-state index in [1.165, 1.54) is 11.3 Å². The van der Waals surface area contributed by atoms with Crippen molar-refractivity contribution in [3.63, 3.8) is 0 Å². The van der Waals surface area contributed by atoms with Gasteiger partial charge in [0.05, 0.1) is 11.8 Å². The molecule has 3 nitrogen and oxygen atoms in total. The first-order chi connectivity index (χ1) is 8.27. The van der Waals surface area contributed by atoms with Crippen LogP contribution in [0.25, 0.3) is 0 Å². The summed E-state index contributed by atoms with van der Waals surface area (Å²) in [7, 11) is 0. The normalized spacial score (nSPS) is 13.7. The van der Waals surface area contributed by atoms with Crippen molar-refractivity contribution in [1.82, 2.24) is 0 Å². The first-order valence-corrected chi connectivity index (χ1v) is 6.90. The van der Waals surface area contributed by atoms with Gasteiger partial charge in [-0.05, 0) is 50.4 Å². The third-order valence-corrected chi connectivity index (χ3v) is 4.06. The number of hydrogen-bond donors (Lipinski definition) is 0. The van der Waals surface area contributed by atoms with E-state index in [0.717, 1.165) is 24.8 Å². The molecule has 1 aliphatic carbocycles. The first kappa shape index (κ1) is 12.4. The van der Waals surface area contributed by atoms with E-state index in [-0.39, 0.29) is 5.97 Å². The van der Waals surface area contributed by atoms with Gasteiger partial charge in [0, 0.05) is 4.88 Å². The zero-order valence-corrected chi connectivity index (χ0v) is 11.2. The van der Waals surface area contributed by atoms with Crippen molar-refractivity contribution in [2.75, 3.05) is 6.61 Å². The van der Waals surface area contributed by atoms with Gasteiger partial charge in [0.15, 0.2) is 0 Å². The quantitative estimate of drug-likeness (QED) is 0.477. The summed E-state index contributed by atoms with van der Waals surface area (Å²) in [5.74, 6) is -0.282. The Morgan fingerprint density at radius 1 is 1.53 bits per heavy atom. The van der Waals surface area contributed by atoms with E-state index in [1.54, 1.807) is 18.3 Å². The standard InChI is InChI=1S/C12H13NO2S2/c1-2-15-12(14)10-8-5-3-4-6-9(8)17-11(10)13-7-16/h2-6H2,1H3. The smallest absolute Gasteiger partial charge is 0.341 e. The van der Waals surface area contributed by atoms with Gasteiger partial charge in [0.25, 0.3) is 0 Å². The maximum Gasteiger partial charge on any atom is 0.341 e. The van der Waals surface area contributed by atoms with Gasteiger partial charge >= 0.3 is 5.97 Å². The molecule has 90 valence electrons. The molecule has 0 amide bonds. The van der Waals surface area contributed by atoms with Crippen molar-refractivity contribution >= 4 is 39.7 Å². The van der Waals surface area contributed by atoms with E-state index in [9.17, 15) is 4.79 Å². The fourth-order valence-corrected chi connectivity index (χ4v) is 3.44. The second kappa shape index (κ2) is 5.54. The predicted octanol–water partition coefficient (Wildman–Crippen LogP) is 3.54. The number of thiocarbonyl (C=S) groups is 1. The summed E-state index contributed by atoms with van der Waals surface area (Å²) in [5.41, 5.74) is 1.73. The molecule has 1 heterocycles. The Morgan fingerprint density at radius 2 is 2.29 bits per heavy atom. The molecule has 1 aromatic rings. The van der Waals surface area contributed by atoms with Crippen LogP contribution in [0.4, 0.5) is 5.00 Å². The maximum atomic E-state index is 11.9. The average molecular weight is 267 g/mol. The highest BCUT2D eigenvalue weighted by molar-refractivity contribution is 7.78. The lowest BCUT2D eigenvalue weighted by atomic mass is 9.95. The van der Waals surface area contributed by atoms with Gasteiger partial charge in [0.1, 0.15) is 10.6 Å². The van der Waals surface area contributed by atoms with Crippen molar-refractivity contribution in [3.8, 4) is 0 Å². The van der Waals surface area contributed by atoms with Crippen LogP contribution in [0.3, 0.4) is 0 Å². The summed E-state index contributed by atoms with van der Waals surface area (Å²) in [5, 5.41) is 3.00. The predicted molar refractivity (Wildman–Crippen MR) is 71.6 cm³/mol. The monoisotopic (exact) mass is 267 g/mol. The minimum absolute atomic E-state index is 0.282. The molecule has 0 radical (unpaired) electrons. The molecule has 0 aromatic carbocycles. The summed E-state index contributed by atoms with van der Waals surface area (Å²) in [6, 6.07) is 0. The molecule has 0 unspecified atom stereocenters. The number of esters is 1. The zero-order valence-electron chi connectivity index (χ0n) is 9.62. The van der Waals surface area contributed by atoms with Crippen LogP contribution in [0.15, 0.2) is 4.99 Å². The minimum atomic E-state index is -0.282. The van der Waals surface area contributed by atoms with Crippen LogP contribution in [-0.4, -0.2) is 17.7 Å². The number of hydrogen-bond acceptors (Lipinski definition) is 5. The first-order valence-electron chi connectivity index (χ1n) is 5.67. The number of fused-ring (bicyclic) bond motifs is 1. The van der Waals surface area contributed by atoms with Crippen LogP contribution in [0.5, 0.6) is 0 Å². The van der Waals surface area contributed by atoms with Crippen LogP contribution in [-0.2, 0) is 17.6 Å². The summed E-state index contributed by atoms with van der Waals surface area (Å²) < 4.78 is 5.09. The van der Waals surface area contributed by atoms with Gasteiger partial charge in [-0.15, -0.1) is 11.3 Å². The van der Waals surface area contributed by atoms with Gasteiger partial charge in [-0.25, -0.2) is 4.79 Å². The second-order valence-corrected chi connectivity index (χ2v) is 5.08. The Hall–Kier alpha value is -1.03. The summed E-state index contributed by atoms with van der Waals surface area (Å²) in [4.78, 5) is 17.2. The number of carbonyl (C=O) groups excluding carboxylic acids is 1. The molecule has 17 heavy (non-hydrogen) atoms. The highest BCUT2D eigenvalue weighted by atomic mass is 32.1. The molecular weight excluding hydrogens is 254 g/mol. The lowest BCUT2D eigenvalue weighted by Gasteiger charge is -2.11. The van der Waals surface area contributed by atoms with Crippen LogP contribution < -0.4 is 0 Å². The number of nitrogens with zero attached hydrogens (tertiary/aromatic N) is 1. The summed E-state index contributed by atoms with van der Waals surface area (Å²) >= 11 is 6.17. The van der Waals surface area contributed by atoms with E-state index in [0.29, 0.717) is 17.2 Å². The van der Waals surface area contributed by atoms with Gasteiger partial charge < -0.3 is 4.74 Å². The Labute approximate surface area is 110 Å². The molecule has 5 heteroatoms. The molecule has 0 bridgehead atoms. The van der Waals surface area contributed by atoms with Crippen LogP contribution in [0, 0.1) is 0 Å². The lowest BCUT2D eigenvalue weighted by molar-refractivity contribution is 0.0526. The molecule has 1 aliphatic rings. The van der Waals surface area contributed by atoms with Gasteiger partial charge in [-0.2, -0.15) is 4.99 Å². The number of carbonyl (C=O) groups is 1. The maximum absolute atomic E-state index is 11.9. The van der Waals surface area contributed by atoms with Crippen molar-refractivity contribution < 1.29 is 9.53 Å². The molecule has 0 spiro atoms. The van der Waals surface area contributed by atoms with Gasteiger partial charge in [-0.3, -0.25) is 0 Å². The van der Waals surface area contributed by atoms with Crippen molar-refractivity contribution in [2.45, 2.75) is 32.6 Å². The molecule has 0 saturated heterocycles. The molecule has 2 rings (SSSR count). The molecule has 0 fully saturated rings. The molecule has 1 aromatic heterocycles. The number of ether oxygens (including phenoxy) is 1. The molecule has 0 aliphatic heterocycles. The van der Waals surface area contributed by atoms with E-state index in [4.69, 9.17) is 4.74 Å².